The van der Waals surface area contributed by atoms with E-state index in [1.54, 1.807) is 31.1 Å². The lowest BCUT2D eigenvalue weighted by atomic mass is 10.0. The second-order valence-electron chi connectivity index (χ2n) is 10.3. The Bertz CT molecular complexity index is 1460. The first kappa shape index (κ1) is 27.3. The fraction of sp³-hybridized carbons (Fsp3) is 0.379. The van der Waals surface area contributed by atoms with Crippen molar-refractivity contribution in [3.8, 4) is 17.4 Å². The van der Waals surface area contributed by atoms with Crippen LogP contribution in [-0.4, -0.2) is 71.9 Å². The predicted molar refractivity (Wildman–Crippen MR) is 148 cm³/mol. The van der Waals surface area contributed by atoms with Crippen LogP contribution in [0.2, 0.25) is 0 Å². The Balaban J connectivity index is 1.36. The number of halogens is 1. The summed E-state index contributed by atoms with van der Waals surface area (Å²) in [7, 11) is 5.23. The van der Waals surface area contributed by atoms with E-state index in [1.165, 1.54) is 19.2 Å². The van der Waals surface area contributed by atoms with E-state index in [2.05, 4.69) is 25.5 Å². The number of hydrogen-bond acceptors (Lipinski definition) is 8. The maximum absolute atomic E-state index is 15.1. The normalized spacial score (nSPS) is 17.5. The maximum Gasteiger partial charge on any atom is 0.258 e. The molecule has 2 N–H and O–H groups in total. The van der Waals surface area contributed by atoms with Crippen LogP contribution in [0.15, 0.2) is 36.5 Å². The van der Waals surface area contributed by atoms with E-state index in [9.17, 15) is 9.59 Å². The van der Waals surface area contributed by atoms with Crippen LogP contribution in [0.25, 0.3) is 0 Å². The van der Waals surface area contributed by atoms with Crippen molar-refractivity contribution in [3.63, 3.8) is 0 Å². The third-order valence-corrected chi connectivity index (χ3v) is 7.59. The molecule has 1 aromatic heterocycles. The number of carbonyl (C=O) groups is 2. The zero-order valence-electron chi connectivity index (χ0n) is 23.2. The summed E-state index contributed by atoms with van der Waals surface area (Å²) in [5.41, 5.74) is 2.18. The summed E-state index contributed by atoms with van der Waals surface area (Å²) < 4.78 is 26.7. The predicted octanol–water partition coefficient (Wildman–Crippen LogP) is 4.44. The molecule has 2 aromatic carbocycles. The van der Waals surface area contributed by atoms with Gasteiger partial charge in [0.15, 0.2) is 0 Å². The topological polar surface area (TPSA) is 109 Å². The van der Waals surface area contributed by atoms with Gasteiger partial charge in [-0.2, -0.15) is 4.98 Å². The van der Waals surface area contributed by atoms with Gasteiger partial charge in [-0.25, -0.2) is 9.37 Å². The lowest BCUT2D eigenvalue weighted by Gasteiger charge is -2.29. The summed E-state index contributed by atoms with van der Waals surface area (Å²) in [4.78, 5) is 38.3. The number of benzene rings is 2. The van der Waals surface area contributed by atoms with Gasteiger partial charge < -0.3 is 29.9 Å². The summed E-state index contributed by atoms with van der Waals surface area (Å²) in [6.45, 7) is 5.50. The van der Waals surface area contributed by atoms with Crippen molar-refractivity contribution in [2.75, 3.05) is 39.6 Å². The number of likely N-dealkylation sites (tertiary alicyclic amines) is 1. The highest BCUT2D eigenvalue weighted by Crippen LogP contribution is 2.39. The van der Waals surface area contributed by atoms with Crippen molar-refractivity contribution in [3.05, 3.63) is 64.6 Å². The molecule has 5 rings (SSSR count). The highest BCUT2D eigenvalue weighted by atomic mass is 19.1. The summed E-state index contributed by atoms with van der Waals surface area (Å²) >= 11 is 0. The van der Waals surface area contributed by atoms with Crippen molar-refractivity contribution >= 4 is 23.5 Å². The molecule has 1 fully saturated rings. The lowest BCUT2D eigenvalue weighted by molar-refractivity contribution is 0.0782. The maximum atomic E-state index is 15.1. The number of aryl methyl sites for hydroxylation is 1. The van der Waals surface area contributed by atoms with Gasteiger partial charge in [-0.3, -0.25) is 9.59 Å². The average Bonchev–Trinajstić information content (AvgIpc) is 3.16. The molecule has 0 unspecified atom stereocenters. The SMILES string of the molecule is COc1cc(C(=O)NC2CCN(C)CC2)c(F)cc1Nc1ncc(C)c(Oc2cccc3c2C(=O)N(C)[C@@H]3C)n1. The van der Waals surface area contributed by atoms with Crippen LogP contribution in [0.5, 0.6) is 17.4 Å². The second-order valence-corrected chi connectivity index (χ2v) is 10.3. The second kappa shape index (κ2) is 11.1. The zero-order chi connectivity index (χ0) is 28.6. The van der Waals surface area contributed by atoms with Gasteiger partial charge in [0.1, 0.15) is 17.3 Å². The smallest absolute Gasteiger partial charge is 0.258 e. The molecule has 1 saturated heterocycles. The first-order chi connectivity index (χ1) is 19.2. The lowest BCUT2D eigenvalue weighted by Crippen LogP contribution is -2.43. The molecule has 0 aliphatic carbocycles. The summed E-state index contributed by atoms with van der Waals surface area (Å²) in [6.07, 6.45) is 3.19. The molecule has 10 nitrogen and oxygen atoms in total. The third-order valence-electron chi connectivity index (χ3n) is 7.59. The minimum atomic E-state index is -0.700. The molecule has 11 heteroatoms. The number of fused-ring (bicyclic) bond motifs is 1. The quantitative estimate of drug-likeness (QED) is 0.446. The minimum absolute atomic E-state index is 0.00368. The fourth-order valence-electron chi connectivity index (χ4n) is 5.00. The van der Waals surface area contributed by atoms with Crippen LogP contribution in [0, 0.1) is 12.7 Å². The Morgan fingerprint density at radius 1 is 1.15 bits per heavy atom. The van der Waals surface area contributed by atoms with Gasteiger partial charge >= 0.3 is 0 Å². The van der Waals surface area contributed by atoms with Crippen LogP contribution in [0.4, 0.5) is 16.0 Å². The monoisotopic (exact) mass is 548 g/mol. The Morgan fingerprint density at radius 2 is 1.90 bits per heavy atom. The molecule has 210 valence electrons. The molecular formula is C29H33FN6O4. The minimum Gasteiger partial charge on any atom is -0.495 e. The number of ether oxygens (including phenoxy) is 2. The summed E-state index contributed by atoms with van der Waals surface area (Å²) in [5, 5.41) is 5.90. The van der Waals surface area contributed by atoms with Gasteiger partial charge in [-0.05, 0) is 64.5 Å². The van der Waals surface area contributed by atoms with Gasteiger partial charge in [0.25, 0.3) is 11.8 Å². The van der Waals surface area contributed by atoms with Gasteiger partial charge in [-0.1, -0.05) is 12.1 Å². The van der Waals surface area contributed by atoms with Crippen LogP contribution in [-0.2, 0) is 0 Å². The van der Waals surface area contributed by atoms with Crippen molar-refractivity contribution in [1.29, 1.82) is 0 Å². The van der Waals surface area contributed by atoms with Crippen LogP contribution in [0.3, 0.4) is 0 Å². The highest BCUT2D eigenvalue weighted by Gasteiger charge is 2.34. The zero-order valence-corrected chi connectivity index (χ0v) is 23.2. The molecule has 2 aliphatic heterocycles. The number of nitrogens with zero attached hydrogens (tertiary/aromatic N) is 4. The largest absolute Gasteiger partial charge is 0.495 e. The van der Waals surface area contributed by atoms with Crippen LogP contribution in [0.1, 0.15) is 57.7 Å². The molecule has 0 saturated carbocycles. The molecule has 3 aromatic rings. The highest BCUT2D eigenvalue weighted by molar-refractivity contribution is 6.01. The van der Waals surface area contributed by atoms with Gasteiger partial charge in [-0.15, -0.1) is 0 Å². The molecule has 1 atom stereocenters. The summed E-state index contributed by atoms with van der Waals surface area (Å²) in [6, 6.07) is 7.96. The average molecular weight is 549 g/mol. The molecule has 3 heterocycles. The Morgan fingerprint density at radius 3 is 2.62 bits per heavy atom. The molecule has 2 amide bonds. The first-order valence-corrected chi connectivity index (χ1v) is 13.2. The van der Waals surface area contributed by atoms with E-state index in [0.717, 1.165) is 31.5 Å². The van der Waals surface area contributed by atoms with E-state index in [0.29, 0.717) is 16.9 Å². The number of amides is 2. The molecule has 0 bridgehead atoms. The number of anilines is 2. The van der Waals surface area contributed by atoms with Crippen molar-refractivity contribution < 1.29 is 23.5 Å². The fourth-order valence-corrected chi connectivity index (χ4v) is 5.00. The third kappa shape index (κ3) is 5.29. The van der Waals surface area contributed by atoms with Gasteiger partial charge in [0.2, 0.25) is 11.8 Å². The number of piperidine rings is 1. The number of hydrogen-bond donors (Lipinski definition) is 2. The van der Waals surface area contributed by atoms with E-state index in [1.807, 2.05) is 26.1 Å². The van der Waals surface area contributed by atoms with Crippen molar-refractivity contribution in [1.82, 2.24) is 25.1 Å². The summed E-state index contributed by atoms with van der Waals surface area (Å²) in [5.74, 6) is -0.276. The first-order valence-electron chi connectivity index (χ1n) is 13.2. The van der Waals surface area contributed by atoms with Gasteiger partial charge in [0.05, 0.1) is 30.0 Å². The molecule has 40 heavy (non-hydrogen) atoms. The van der Waals surface area contributed by atoms with E-state index >= 15 is 4.39 Å². The van der Waals surface area contributed by atoms with E-state index in [-0.39, 0.29) is 46.8 Å². The Hall–Kier alpha value is -4.25. The van der Waals surface area contributed by atoms with Crippen molar-refractivity contribution in [2.45, 2.75) is 38.8 Å². The van der Waals surface area contributed by atoms with Crippen molar-refractivity contribution in [2.24, 2.45) is 0 Å². The van der Waals surface area contributed by atoms with E-state index < -0.39 is 11.7 Å². The number of rotatable bonds is 7. The number of carbonyl (C=O) groups excluding carboxylic acids is 2. The number of methoxy groups -OCH3 is 1. The van der Waals surface area contributed by atoms with Crippen LogP contribution >= 0.6 is 0 Å². The molecule has 2 aliphatic rings. The Labute approximate surface area is 232 Å². The standard InChI is InChI=1S/C29H33FN6O4/c1-16-15-31-29(34-27(16)40-23-8-6-7-19-17(2)36(4)28(38)25(19)23)33-22-14-21(30)20(13-24(22)39-5)26(37)32-18-9-11-35(3)12-10-18/h6-8,13-15,17-18H,9-12H2,1-5H3,(H,32,37)(H,31,33,34)/t17-/m1/s1. The molecular weight excluding hydrogens is 515 g/mol. The molecule has 0 radical (unpaired) electrons. The molecule has 0 spiro atoms. The van der Waals surface area contributed by atoms with Gasteiger partial charge in [0, 0.05) is 30.9 Å². The number of aromatic nitrogens is 2. The van der Waals surface area contributed by atoms with Crippen LogP contribution < -0.4 is 20.1 Å². The number of nitrogens with one attached hydrogen (secondary N) is 2. The Kier molecular flexibility index (Phi) is 7.57. The van der Waals surface area contributed by atoms with E-state index in [4.69, 9.17) is 9.47 Å².